The fourth-order valence-electron chi connectivity index (χ4n) is 3.67. The van der Waals surface area contributed by atoms with E-state index in [2.05, 4.69) is 29.6 Å². The molecule has 0 aromatic heterocycles. The first-order chi connectivity index (χ1) is 10.3. The van der Waals surface area contributed by atoms with Crippen molar-refractivity contribution in [1.29, 1.82) is 0 Å². The van der Waals surface area contributed by atoms with Crippen LogP contribution in [-0.4, -0.2) is 36.2 Å². The number of hydrogen-bond acceptors (Lipinski definition) is 3. The Kier molecular flexibility index (Phi) is 4.44. The minimum absolute atomic E-state index is 0.140. The quantitative estimate of drug-likeness (QED) is 0.926. The molecule has 3 atom stereocenters. The van der Waals surface area contributed by atoms with Crippen LogP contribution >= 0.6 is 0 Å². The molecule has 0 radical (unpaired) electrons. The van der Waals surface area contributed by atoms with Crippen molar-refractivity contribution in [3.05, 3.63) is 35.9 Å². The van der Waals surface area contributed by atoms with E-state index in [9.17, 15) is 4.79 Å². The number of hydrogen-bond donors (Lipinski definition) is 1. The zero-order valence-electron chi connectivity index (χ0n) is 12.6. The Bertz CT molecular complexity index is 477. The lowest BCUT2D eigenvalue weighted by molar-refractivity contribution is 0.0122. The minimum atomic E-state index is -0.140. The van der Waals surface area contributed by atoms with Gasteiger partial charge in [-0.15, -0.1) is 0 Å². The minimum Gasteiger partial charge on any atom is -0.450 e. The number of rotatable bonds is 4. The standard InChI is InChI=1S/C17H24N2O2/c1-2-21-17(20)19-12-14-8-9-16(19)15(10-14)18-11-13-6-4-3-5-7-13/h3-7,14-16,18H,2,8-12H2,1H3. The van der Waals surface area contributed by atoms with E-state index >= 15 is 0 Å². The molecule has 3 fully saturated rings. The molecule has 2 bridgehead atoms. The van der Waals surface area contributed by atoms with Gasteiger partial charge in [-0.2, -0.15) is 0 Å². The first-order valence-electron chi connectivity index (χ1n) is 7.98. The second kappa shape index (κ2) is 6.48. The highest BCUT2D eigenvalue weighted by atomic mass is 16.6. The fraction of sp³-hybridized carbons (Fsp3) is 0.588. The van der Waals surface area contributed by atoms with Gasteiger partial charge < -0.3 is 15.0 Å². The van der Waals surface area contributed by atoms with Crippen LogP contribution < -0.4 is 5.32 Å². The van der Waals surface area contributed by atoms with Crippen LogP contribution in [0.1, 0.15) is 31.7 Å². The van der Waals surface area contributed by atoms with Crippen LogP contribution in [0.2, 0.25) is 0 Å². The Morgan fingerprint density at radius 3 is 2.86 bits per heavy atom. The lowest BCUT2D eigenvalue weighted by Gasteiger charge is -2.49. The van der Waals surface area contributed by atoms with Crippen molar-refractivity contribution in [2.45, 2.75) is 44.8 Å². The highest BCUT2D eigenvalue weighted by Crippen LogP contribution is 2.35. The SMILES string of the molecule is CCOC(=O)N1CC2CCC1C(NCc1ccccc1)C2. The number of fused-ring (bicyclic) bond motifs is 3. The third-order valence-corrected chi connectivity index (χ3v) is 4.69. The topological polar surface area (TPSA) is 41.6 Å². The van der Waals surface area contributed by atoms with E-state index in [-0.39, 0.29) is 12.1 Å². The maximum Gasteiger partial charge on any atom is 0.410 e. The van der Waals surface area contributed by atoms with Gasteiger partial charge in [-0.25, -0.2) is 4.79 Å². The number of nitrogens with zero attached hydrogens (tertiary/aromatic N) is 1. The molecule has 21 heavy (non-hydrogen) atoms. The maximum absolute atomic E-state index is 12.1. The lowest BCUT2D eigenvalue weighted by atomic mass is 9.76. The van der Waals surface area contributed by atoms with E-state index in [0.717, 1.165) is 19.5 Å². The molecule has 114 valence electrons. The molecule has 1 saturated carbocycles. The number of carbonyl (C=O) groups is 1. The number of ether oxygens (including phenoxy) is 1. The van der Waals surface area contributed by atoms with Crippen LogP contribution in [0.4, 0.5) is 4.79 Å². The monoisotopic (exact) mass is 288 g/mol. The molecule has 2 heterocycles. The number of carbonyl (C=O) groups excluding carboxylic acids is 1. The van der Waals surface area contributed by atoms with Gasteiger partial charge in [-0.05, 0) is 37.7 Å². The third kappa shape index (κ3) is 3.21. The van der Waals surface area contributed by atoms with Crippen molar-refractivity contribution in [3.8, 4) is 0 Å². The van der Waals surface area contributed by atoms with Crippen molar-refractivity contribution in [1.82, 2.24) is 10.2 Å². The fourth-order valence-corrected chi connectivity index (χ4v) is 3.67. The van der Waals surface area contributed by atoms with Gasteiger partial charge in [-0.1, -0.05) is 30.3 Å². The molecule has 2 aliphatic heterocycles. The highest BCUT2D eigenvalue weighted by molar-refractivity contribution is 5.68. The van der Waals surface area contributed by atoms with E-state index < -0.39 is 0 Å². The summed E-state index contributed by atoms with van der Waals surface area (Å²) in [5, 5.41) is 3.65. The van der Waals surface area contributed by atoms with Gasteiger partial charge in [-0.3, -0.25) is 0 Å². The number of piperidine rings is 2. The molecule has 1 aromatic rings. The Labute approximate surface area is 126 Å². The van der Waals surface area contributed by atoms with Crippen LogP contribution in [0.3, 0.4) is 0 Å². The molecule has 0 spiro atoms. The molecule has 4 heteroatoms. The number of amides is 1. The summed E-state index contributed by atoms with van der Waals surface area (Å²) in [6.07, 6.45) is 3.37. The molecule has 4 rings (SSSR count). The summed E-state index contributed by atoms with van der Waals surface area (Å²) in [7, 11) is 0. The van der Waals surface area contributed by atoms with Crippen molar-refractivity contribution in [2.24, 2.45) is 5.92 Å². The molecule has 3 unspecified atom stereocenters. The van der Waals surface area contributed by atoms with E-state index in [0.29, 0.717) is 18.6 Å². The summed E-state index contributed by atoms with van der Waals surface area (Å²) in [5.41, 5.74) is 1.29. The molecule has 3 aliphatic rings. The molecule has 1 amide bonds. The third-order valence-electron chi connectivity index (χ3n) is 4.69. The van der Waals surface area contributed by atoms with Crippen LogP contribution in [0.15, 0.2) is 30.3 Å². The molecule has 2 saturated heterocycles. The molecular weight excluding hydrogens is 264 g/mol. The molecular formula is C17H24N2O2. The van der Waals surface area contributed by atoms with Crippen LogP contribution in [0.5, 0.6) is 0 Å². The summed E-state index contributed by atoms with van der Waals surface area (Å²) in [6, 6.07) is 11.1. The van der Waals surface area contributed by atoms with Crippen LogP contribution in [0, 0.1) is 5.92 Å². The molecule has 1 N–H and O–H groups in total. The van der Waals surface area contributed by atoms with Crippen molar-refractivity contribution in [3.63, 3.8) is 0 Å². The summed E-state index contributed by atoms with van der Waals surface area (Å²) in [6.45, 7) is 4.05. The first-order valence-corrected chi connectivity index (χ1v) is 7.98. The van der Waals surface area contributed by atoms with Crippen LogP contribution in [-0.2, 0) is 11.3 Å². The largest absolute Gasteiger partial charge is 0.450 e. The highest BCUT2D eigenvalue weighted by Gasteiger charge is 2.43. The van der Waals surface area contributed by atoms with Gasteiger partial charge in [0.05, 0.1) is 12.6 Å². The lowest BCUT2D eigenvalue weighted by Crippen LogP contribution is -2.61. The number of benzene rings is 1. The summed E-state index contributed by atoms with van der Waals surface area (Å²) in [4.78, 5) is 14.0. The Hall–Kier alpha value is -1.55. The normalized spacial score (nSPS) is 27.7. The summed E-state index contributed by atoms with van der Waals surface area (Å²) < 4.78 is 5.20. The second-order valence-corrected chi connectivity index (χ2v) is 6.07. The summed E-state index contributed by atoms with van der Waals surface area (Å²) in [5.74, 6) is 0.618. The molecule has 1 aromatic carbocycles. The molecule has 4 nitrogen and oxygen atoms in total. The molecule has 1 aliphatic carbocycles. The average Bonchev–Trinajstić information content (AvgIpc) is 2.54. The van der Waals surface area contributed by atoms with Gasteiger partial charge in [0.1, 0.15) is 0 Å². The maximum atomic E-state index is 12.1. The Morgan fingerprint density at radius 1 is 1.33 bits per heavy atom. The predicted molar refractivity (Wildman–Crippen MR) is 81.9 cm³/mol. The zero-order chi connectivity index (χ0) is 14.7. The van der Waals surface area contributed by atoms with Gasteiger partial charge in [0.2, 0.25) is 0 Å². The van der Waals surface area contributed by atoms with Gasteiger partial charge >= 0.3 is 6.09 Å². The first kappa shape index (κ1) is 14.4. The Balaban J connectivity index is 1.62. The van der Waals surface area contributed by atoms with Crippen molar-refractivity contribution < 1.29 is 9.53 Å². The Morgan fingerprint density at radius 2 is 2.14 bits per heavy atom. The summed E-state index contributed by atoms with van der Waals surface area (Å²) >= 11 is 0. The number of nitrogens with one attached hydrogen (secondary N) is 1. The van der Waals surface area contributed by atoms with Crippen LogP contribution in [0.25, 0.3) is 0 Å². The van der Waals surface area contributed by atoms with E-state index in [1.165, 1.54) is 18.4 Å². The van der Waals surface area contributed by atoms with E-state index in [1.54, 1.807) is 0 Å². The van der Waals surface area contributed by atoms with E-state index in [1.807, 2.05) is 17.9 Å². The van der Waals surface area contributed by atoms with Crippen molar-refractivity contribution in [2.75, 3.05) is 13.2 Å². The van der Waals surface area contributed by atoms with Gasteiger partial charge in [0.25, 0.3) is 0 Å². The average molecular weight is 288 g/mol. The predicted octanol–water partition coefficient (Wildman–Crippen LogP) is 2.79. The zero-order valence-corrected chi connectivity index (χ0v) is 12.6. The van der Waals surface area contributed by atoms with Gasteiger partial charge in [0.15, 0.2) is 0 Å². The van der Waals surface area contributed by atoms with E-state index in [4.69, 9.17) is 4.74 Å². The second-order valence-electron chi connectivity index (χ2n) is 6.07. The van der Waals surface area contributed by atoms with Gasteiger partial charge in [0, 0.05) is 19.1 Å². The smallest absolute Gasteiger partial charge is 0.410 e. The van der Waals surface area contributed by atoms with Crippen molar-refractivity contribution >= 4 is 6.09 Å².